The highest BCUT2D eigenvalue weighted by atomic mass is 16.1. The second kappa shape index (κ2) is 3.04. The summed E-state index contributed by atoms with van der Waals surface area (Å²) in [5, 5.41) is 0. The molecule has 0 spiro atoms. The smallest absolute Gasteiger partial charge is 0.120 e. The molecule has 1 aliphatic rings. The average Bonchev–Trinajstić information content (AvgIpc) is 1.97. The van der Waals surface area contributed by atoms with Crippen molar-refractivity contribution >= 4 is 6.29 Å². The van der Waals surface area contributed by atoms with Gasteiger partial charge in [0.2, 0.25) is 0 Å². The molecular weight excluding hydrogens is 136 g/mol. The lowest BCUT2D eigenvalue weighted by Gasteiger charge is -2.24. The maximum Gasteiger partial charge on any atom is 0.120 e. The van der Waals surface area contributed by atoms with Crippen molar-refractivity contribution in [2.24, 2.45) is 5.41 Å². The number of hydrogen-bond acceptors (Lipinski definition) is 1. The Morgan fingerprint density at radius 1 is 1.73 bits per heavy atom. The van der Waals surface area contributed by atoms with Crippen LogP contribution in [0.15, 0.2) is 23.8 Å². The van der Waals surface area contributed by atoms with Crippen molar-refractivity contribution in [2.45, 2.75) is 26.7 Å². The summed E-state index contributed by atoms with van der Waals surface area (Å²) in [6.45, 7) is 4.19. The summed E-state index contributed by atoms with van der Waals surface area (Å²) in [6, 6.07) is 0. The van der Waals surface area contributed by atoms with Crippen LogP contribution in [0.4, 0.5) is 0 Å². The van der Waals surface area contributed by atoms with E-state index in [4.69, 9.17) is 0 Å². The quantitative estimate of drug-likeness (QED) is 0.553. The van der Waals surface area contributed by atoms with Gasteiger partial charge in [-0.05, 0) is 18.8 Å². The molecule has 1 aliphatic carbocycles. The average molecular weight is 150 g/mol. The molecule has 1 nitrogen and oxygen atoms in total. The zero-order valence-corrected chi connectivity index (χ0v) is 7.13. The van der Waals surface area contributed by atoms with Gasteiger partial charge >= 0.3 is 0 Å². The molecule has 1 heteroatoms. The monoisotopic (exact) mass is 150 g/mol. The third kappa shape index (κ3) is 2.04. The lowest BCUT2D eigenvalue weighted by atomic mass is 9.80. The summed E-state index contributed by atoms with van der Waals surface area (Å²) in [5.41, 5.74) is 1.38. The zero-order chi connectivity index (χ0) is 8.32. The van der Waals surface area contributed by atoms with E-state index >= 15 is 0 Å². The van der Waals surface area contributed by atoms with Crippen LogP contribution in [-0.2, 0) is 4.79 Å². The standard InChI is InChI=1S/C10H14O/c1-9-3-5-10(2,6-4-9)7-8-11/h3-5,8H,6-7H2,1-2H3. The lowest BCUT2D eigenvalue weighted by molar-refractivity contribution is -0.109. The third-order valence-corrected chi connectivity index (χ3v) is 2.19. The van der Waals surface area contributed by atoms with Gasteiger partial charge in [0.05, 0.1) is 0 Å². The van der Waals surface area contributed by atoms with E-state index in [0.717, 1.165) is 12.7 Å². The Morgan fingerprint density at radius 3 is 2.91 bits per heavy atom. The second-order valence-electron chi connectivity index (χ2n) is 3.51. The first-order chi connectivity index (χ1) is 5.16. The van der Waals surface area contributed by atoms with E-state index in [1.807, 2.05) is 0 Å². The number of allylic oxidation sites excluding steroid dienone is 4. The fraction of sp³-hybridized carbons (Fsp3) is 0.500. The van der Waals surface area contributed by atoms with Gasteiger partial charge in [-0.3, -0.25) is 0 Å². The molecule has 0 fully saturated rings. The van der Waals surface area contributed by atoms with Crippen LogP contribution in [0.2, 0.25) is 0 Å². The maximum atomic E-state index is 10.3. The van der Waals surface area contributed by atoms with Gasteiger partial charge in [-0.2, -0.15) is 0 Å². The van der Waals surface area contributed by atoms with Crippen molar-refractivity contribution in [3.8, 4) is 0 Å². The summed E-state index contributed by atoms with van der Waals surface area (Å²) in [7, 11) is 0. The van der Waals surface area contributed by atoms with Crippen molar-refractivity contribution in [1.29, 1.82) is 0 Å². The highest BCUT2D eigenvalue weighted by Gasteiger charge is 2.20. The number of carbonyl (C=O) groups excluding carboxylic acids is 1. The number of carbonyl (C=O) groups is 1. The lowest BCUT2D eigenvalue weighted by Crippen LogP contribution is -2.14. The Hall–Kier alpha value is -0.850. The first kappa shape index (κ1) is 8.25. The predicted molar refractivity (Wildman–Crippen MR) is 46.3 cm³/mol. The number of hydrogen-bond donors (Lipinski definition) is 0. The third-order valence-electron chi connectivity index (χ3n) is 2.19. The van der Waals surface area contributed by atoms with E-state index in [9.17, 15) is 4.79 Å². The molecular formula is C10H14O. The Morgan fingerprint density at radius 2 is 2.45 bits per heavy atom. The molecule has 0 aromatic heterocycles. The van der Waals surface area contributed by atoms with E-state index in [1.54, 1.807) is 0 Å². The summed E-state index contributed by atoms with van der Waals surface area (Å²) >= 11 is 0. The van der Waals surface area contributed by atoms with Gasteiger partial charge in [-0.25, -0.2) is 0 Å². The van der Waals surface area contributed by atoms with Crippen LogP contribution in [0.25, 0.3) is 0 Å². The Kier molecular flexibility index (Phi) is 2.28. The van der Waals surface area contributed by atoms with E-state index in [1.165, 1.54) is 5.57 Å². The SMILES string of the molecule is CC1=CCC(C)(CC=O)C=C1. The molecule has 1 unspecified atom stereocenters. The van der Waals surface area contributed by atoms with E-state index in [-0.39, 0.29) is 5.41 Å². The van der Waals surface area contributed by atoms with E-state index in [2.05, 4.69) is 32.1 Å². The number of aldehydes is 1. The minimum Gasteiger partial charge on any atom is -0.303 e. The molecule has 11 heavy (non-hydrogen) atoms. The molecule has 0 saturated heterocycles. The van der Waals surface area contributed by atoms with E-state index < -0.39 is 0 Å². The predicted octanol–water partition coefficient (Wildman–Crippen LogP) is 2.49. The van der Waals surface area contributed by atoms with Crippen LogP contribution >= 0.6 is 0 Å². The van der Waals surface area contributed by atoms with Crippen LogP contribution in [0.5, 0.6) is 0 Å². The van der Waals surface area contributed by atoms with Crippen LogP contribution in [0.1, 0.15) is 26.7 Å². The topological polar surface area (TPSA) is 17.1 Å². The first-order valence-electron chi connectivity index (χ1n) is 3.96. The summed E-state index contributed by atoms with van der Waals surface area (Å²) < 4.78 is 0. The van der Waals surface area contributed by atoms with Crippen molar-refractivity contribution < 1.29 is 4.79 Å². The number of rotatable bonds is 2. The molecule has 0 N–H and O–H groups in total. The van der Waals surface area contributed by atoms with Gasteiger partial charge in [0.1, 0.15) is 6.29 Å². The van der Waals surface area contributed by atoms with Gasteiger partial charge < -0.3 is 4.79 Å². The highest BCUT2D eigenvalue weighted by molar-refractivity contribution is 5.52. The van der Waals surface area contributed by atoms with Gasteiger partial charge in [0.15, 0.2) is 0 Å². The van der Waals surface area contributed by atoms with Crippen molar-refractivity contribution in [2.75, 3.05) is 0 Å². The van der Waals surface area contributed by atoms with Crippen molar-refractivity contribution in [1.82, 2.24) is 0 Å². The highest BCUT2D eigenvalue weighted by Crippen LogP contribution is 2.31. The minimum absolute atomic E-state index is 0.0846. The summed E-state index contributed by atoms with van der Waals surface area (Å²) in [5.74, 6) is 0. The van der Waals surface area contributed by atoms with Gasteiger partial charge in [0, 0.05) is 6.42 Å². The molecule has 0 bridgehead atoms. The van der Waals surface area contributed by atoms with Crippen LogP contribution in [0.3, 0.4) is 0 Å². The van der Waals surface area contributed by atoms with Gasteiger partial charge in [-0.1, -0.05) is 30.7 Å². The fourth-order valence-electron chi connectivity index (χ4n) is 1.20. The molecule has 0 saturated carbocycles. The Labute approximate surface area is 67.8 Å². The molecule has 0 aromatic carbocycles. The molecule has 0 amide bonds. The molecule has 0 aliphatic heterocycles. The normalized spacial score (nSPS) is 29.8. The Bertz CT molecular complexity index is 213. The van der Waals surface area contributed by atoms with E-state index in [0.29, 0.717) is 6.42 Å². The summed E-state index contributed by atoms with van der Waals surface area (Å²) in [4.78, 5) is 10.3. The first-order valence-corrected chi connectivity index (χ1v) is 3.96. The molecule has 0 radical (unpaired) electrons. The second-order valence-corrected chi connectivity index (χ2v) is 3.51. The largest absolute Gasteiger partial charge is 0.303 e. The van der Waals surface area contributed by atoms with Crippen LogP contribution in [0, 0.1) is 5.41 Å². The fourth-order valence-corrected chi connectivity index (χ4v) is 1.20. The molecule has 60 valence electrons. The van der Waals surface area contributed by atoms with Crippen molar-refractivity contribution in [3.05, 3.63) is 23.8 Å². The van der Waals surface area contributed by atoms with Gasteiger partial charge in [0.25, 0.3) is 0 Å². The Balaban J connectivity index is 2.65. The molecule has 0 aromatic rings. The van der Waals surface area contributed by atoms with Crippen LogP contribution < -0.4 is 0 Å². The molecule has 1 atom stereocenters. The zero-order valence-electron chi connectivity index (χ0n) is 7.13. The molecule has 1 rings (SSSR count). The molecule has 0 heterocycles. The minimum atomic E-state index is 0.0846. The van der Waals surface area contributed by atoms with Gasteiger partial charge in [-0.15, -0.1) is 0 Å². The van der Waals surface area contributed by atoms with Crippen molar-refractivity contribution in [3.63, 3.8) is 0 Å². The summed E-state index contributed by atoms with van der Waals surface area (Å²) in [6.07, 6.45) is 9.04. The van der Waals surface area contributed by atoms with Crippen LogP contribution in [-0.4, -0.2) is 6.29 Å². The maximum absolute atomic E-state index is 10.3.